The Balaban J connectivity index is 1.44. The van der Waals surface area contributed by atoms with Gasteiger partial charge in [0.2, 0.25) is 0 Å². The summed E-state index contributed by atoms with van der Waals surface area (Å²) >= 11 is 1.48. The van der Waals surface area contributed by atoms with E-state index in [-0.39, 0.29) is 5.41 Å². The molecule has 1 aliphatic carbocycles. The van der Waals surface area contributed by atoms with Gasteiger partial charge in [-0.3, -0.25) is 4.79 Å². The van der Waals surface area contributed by atoms with Crippen LogP contribution in [0.1, 0.15) is 78.3 Å². The van der Waals surface area contributed by atoms with Gasteiger partial charge in [0.15, 0.2) is 6.10 Å². The lowest BCUT2D eigenvalue weighted by Gasteiger charge is -2.33. The van der Waals surface area contributed by atoms with Gasteiger partial charge in [-0.2, -0.15) is 5.26 Å². The summed E-state index contributed by atoms with van der Waals surface area (Å²) in [6.07, 6.45) is 2.14. The molecule has 194 valence electrons. The highest BCUT2D eigenvalue weighted by atomic mass is 32.1. The molecule has 0 spiro atoms. The van der Waals surface area contributed by atoms with Crippen LogP contribution in [-0.2, 0) is 22.4 Å². The number of anilines is 1. The number of nitrogens with one attached hydrogen (secondary N) is 2. The van der Waals surface area contributed by atoms with Gasteiger partial charge >= 0.3 is 5.97 Å². The first-order valence-corrected chi connectivity index (χ1v) is 13.5. The van der Waals surface area contributed by atoms with Gasteiger partial charge in [-0.25, -0.2) is 9.78 Å². The predicted molar refractivity (Wildman–Crippen MR) is 146 cm³/mol. The Labute approximate surface area is 222 Å². The molecule has 3 aromatic rings. The van der Waals surface area contributed by atoms with E-state index in [2.05, 4.69) is 42.1 Å². The number of amides is 1. The number of nitrogens with zero attached hydrogens (tertiary/aromatic N) is 2. The molecule has 2 unspecified atom stereocenters. The molecule has 37 heavy (non-hydrogen) atoms. The first-order valence-electron chi connectivity index (χ1n) is 12.7. The van der Waals surface area contributed by atoms with E-state index < -0.39 is 18.0 Å². The van der Waals surface area contributed by atoms with Gasteiger partial charge in [-0.15, -0.1) is 11.3 Å². The van der Waals surface area contributed by atoms with Crippen molar-refractivity contribution >= 4 is 28.2 Å². The molecule has 1 amide bonds. The Morgan fingerprint density at radius 3 is 2.54 bits per heavy atom. The number of aromatic amines is 1. The summed E-state index contributed by atoms with van der Waals surface area (Å²) in [5.74, 6) is 0.280. The van der Waals surface area contributed by atoms with Crippen molar-refractivity contribution in [2.75, 3.05) is 5.32 Å². The molecule has 1 aliphatic rings. The number of imidazole rings is 1. The molecule has 0 saturated heterocycles. The zero-order valence-corrected chi connectivity index (χ0v) is 23.1. The number of H-pyrrole nitrogens is 1. The molecule has 2 N–H and O–H groups in total. The number of ether oxygens (including phenoxy) is 1. The molecule has 0 bridgehead atoms. The van der Waals surface area contributed by atoms with E-state index >= 15 is 0 Å². The van der Waals surface area contributed by atoms with Crippen LogP contribution in [-0.4, -0.2) is 27.9 Å². The zero-order chi connectivity index (χ0) is 26.9. The fourth-order valence-corrected chi connectivity index (χ4v) is 5.97. The topological polar surface area (TPSA) is 108 Å². The predicted octanol–water partition coefficient (Wildman–Crippen LogP) is 6.35. The second-order valence-electron chi connectivity index (χ2n) is 10.8. The Kier molecular flexibility index (Phi) is 7.56. The first-order chi connectivity index (χ1) is 17.5. The Morgan fingerprint density at radius 1 is 1.27 bits per heavy atom. The van der Waals surface area contributed by atoms with Crippen LogP contribution in [0.5, 0.6) is 0 Å². The van der Waals surface area contributed by atoms with Crippen LogP contribution in [0.3, 0.4) is 0 Å². The highest BCUT2D eigenvalue weighted by Crippen LogP contribution is 2.44. The molecule has 2 heterocycles. The molecule has 0 radical (unpaired) electrons. The van der Waals surface area contributed by atoms with Crippen molar-refractivity contribution in [3.8, 4) is 17.5 Å². The molecule has 1 aromatic carbocycles. The maximum atomic E-state index is 13.1. The Bertz CT molecular complexity index is 1340. The van der Waals surface area contributed by atoms with Gasteiger partial charge in [0.25, 0.3) is 5.91 Å². The fraction of sp³-hybridized carbons (Fsp3) is 0.448. The smallest absolute Gasteiger partial charge is 0.338 e. The van der Waals surface area contributed by atoms with Crippen LogP contribution in [0, 0.1) is 36.5 Å². The number of esters is 1. The molecule has 8 heteroatoms. The lowest BCUT2D eigenvalue weighted by Crippen LogP contribution is -2.32. The van der Waals surface area contributed by atoms with Crippen molar-refractivity contribution in [2.24, 2.45) is 11.3 Å². The fourth-order valence-electron chi connectivity index (χ4n) is 4.69. The third kappa shape index (κ3) is 5.62. The lowest BCUT2D eigenvalue weighted by molar-refractivity contribution is -0.124. The number of aromatic nitrogens is 2. The molecule has 4 rings (SSSR count). The van der Waals surface area contributed by atoms with Gasteiger partial charge in [-0.1, -0.05) is 39.8 Å². The number of aryl methyl sites for hydroxylation is 2. The summed E-state index contributed by atoms with van der Waals surface area (Å²) in [4.78, 5) is 34.8. The molecule has 2 atom stereocenters. The van der Waals surface area contributed by atoms with E-state index in [0.29, 0.717) is 28.5 Å². The minimum atomic E-state index is -0.962. The number of thiophene rings is 1. The Hall–Kier alpha value is -3.44. The number of rotatable bonds is 6. The zero-order valence-electron chi connectivity index (χ0n) is 22.3. The molecular weight excluding hydrogens is 484 g/mol. The van der Waals surface area contributed by atoms with E-state index in [4.69, 9.17) is 4.74 Å². The number of nitriles is 1. The van der Waals surface area contributed by atoms with E-state index in [1.165, 1.54) is 16.2 Å². The molecule has 0 saturated carbocycles. The SMILES string of the molecule is CCC(OC(=O)c1ccc(-c2nc(C)c(C)[nH]2)cc1)C(=O)Nc1sc2c(c1C#N)CCC(C(C)(C)C)C2. The molecule has 0 aliphatic heterocycles. The van der Waals surface area contributed by atoms with Crippen LogP contribution < -0.4 is 5.32 Å². The number of carbonyl (C=O) groups is 2. The van der Waals surface area contributed by atoms with Crippen LogP contribution in [0.15, 0.2) is 24.3 Å². The van der Waals surface area contributed by atoms with E-state index in [1.54, 1.807) is 31.2 Å². The standard InChI is InChI=1S/C29H34N4O3S/c1-7-23(36-28(35)19-10-8-18(9-11-19)25-31-16(2)17(3)32-25)26(34)33-27-22(15-30)21-13-12-20(29(4,5)6)14-24(21)37-27/h8-11,20,23H,7,12-14H2,1-6H3,(H,31,32)(H,33,34). The summed E-state index contributed by atoms with van der Waals surface area (Å²) in [5.41, 5.74) is 4.92. The number of benzene rings is 1. The van der Waals surface area contributed by atoms with Crippen molar-refractivity contribution in [1.82, 2.24) is 9.97 Å². The highest BCUT2D eigenvalue weighted by molar-refractivity contribution is 7.16. The maximum Gasteiger partial charge on any atom is 0.338 e. The van der Waals surface area contributed by atoms with E-state index in [0.717, 1.165) is 47.6 Å². The third-order valence-electron chi connectivity index (χ3n) is 7.27. The molecular formula is C29H34N4O3S. The van der Waals surface area contributed by atoms with Gasteiger partial charge in [0.1, 0.15) is 16.9 Å². The minimum absolute atomic E-state index is 0.188. The summed E-state index contributed by atoms with van der Waals surface area (Å²) in [6, 6.07) is 9.23. The van der Waals surface area contributed by atoms with Crippen molar-refractivity contribution in [3.63, 3.8) is 0 Å². The monoisotopic (exact) mass is 518 g/mol. The number of carbonyl (C=O) groups excluding carboxylic acids is 2. The summed E-state index contributed by atoms with van der Waals surface area (Å²) in [5, 5.41) is 13.3. The van der Waals surface area contributed by atoms with Crippen LogP contribution in [0.25, 0.3) is 11.4 Å². The average Bonchev–Trinajstić information content (AvgIpc) is 3.39. The average molecular weight is 519 g/mol. The summed E-state index contributed by atoms with van der Waals surface area (Å²) in [7, 11) is 0. The normalized spacial score (nSPS) is 16.0. The largest absolute Gasteiger partial charge is 0.449 e. The van der Waals surface area contributed by atoms with Crippen molar-refractivity contribution in [1.29, 1.82) is 5.26 Å². The van der Waals surface area contributed by atoms with Gasteiger partial charge in [0.05, 0.1) is 16.8 Å². The van der Waals surface area contributed by atoms with Gasteiger partial charge in [0, 0.05) is 16.1 Å². The van der Waals surface area contributed by atoms with Gasteiger partial charge in [-0.05, 0) is 68.6 Å². The maximum absolute atomic E-state index is 13.1. The number of fused-ring (bicyclic) bond motifs is 1. The quantitative estimate of drug-likeness (QED) is 0.370. The third-order valence-corrected chi connectivity index (χ3v) is 8.44. The summed E-state index contributed by atoms with van der Waals surface area (Å²) < 4.78 is 5.57. The molecule has 0 fully saturated rings. The van der Waals surface area contributed by atoms with Crippen LogP contribution >= 0.6 is 11.3 Å². The van der Waals surface area contributed by atoms with Crippen molar-refractivity contribution in [2.45, 2.75) is 73.3 Å². The highest BCUT2D eigenvalue weighted by Gasteiger charge is 2.33. The molecule has 7 nitrogen and oxygen atoms in total. The Morgan fingerprint density at radius 2 is 1.97 bits per heavy atom. The minimum Gasteiger partial charge on any atom is -0.449 e. The van der Waals surface area contributed by atoms with E-state index in [9.17, 15) is 14.9 Å². The van der Waals surface area contributed by atoms with Crippen molar-refractivity contribution in [3.05, 3.63) is 57.2 Å². The number of hydrogen-bond donors (Lipinski definition) is 2. The number of hydrogen-bond acceptors (Lipinski definition) is 6. The lowest BCUT2D eigenvalue weighted by atomic mass is 9.72. The second-order valence-corrected chi connectivity index (χ2v) is 11.9. The summed E-state index contributed by atoms with van der Waals surface area (Å²) in [6.45, 7) is 12.4. The van der Waals surface area contributed by atoms with Crippen molar-refractivity contribution < 1.29 is 14.3 Å². The van der Waals surface area contributed by atoms with Crippen LogP contribution in [0.4, 0.5) is 5.00 Å². The van der Waals surface area contributed by atoms with Crippen LogP contribution in [0.2, 0.25) is 0 Å². The molecule has 2 aromatic heterocycles. The van der Waals surface area contributed by atoms with Gasteiger partial charge < -0.3 is 15.0 Å². The second kappa shape index (κ2) is 10.5. The first kappa shape index (κ1) is 26.6. The van der Waals surface area contributed by atoms with E-state index in [1.807, 2.05) is 13.8 Å².